The third kappa shape index (κ3) is 6.80. The Hall–Kier alpha value is 0.0869. The average molecular weight is 337 g/mol. The van der Waals surface area contributed by atoms with Gasteiger partial charge in [-0.2, -0.15) is 8.42 Å². The van der Waals surface area contributed by atoms with Crippen LogP contribution >= 0.6 is 0 Å². The van der Waals surface area contributed by atoms with Gasteiger partial charge < -0.3 is 4.43 Å². The topological polar surface area (TPSA) is 52.6 Å². The van der Waals surface area contributed by atoms with Gasteiger partial charge in [0.05, 0.1) is 12.9 Å². The van der Waals surface area contributed by atoms with Crippen molar-refractivity contribution in [1.29, 1.82) is 0 Å². The van der Waals surface area contributed by atoms with Crippen LogP contribution in [-0.4, -0.2) is 36.2 Å². The lowest BCUT2D eigenvalue weighted by atomic mass is 9.83. The van der Waals surface area contributed by atoms with Gasteiger partial charge in [0.15, 0.2) is 8.32 Å². The van der Waals surface area contributed by atoms with Gasteiger partial charge in [0.1, 0.15) is 0 Å². The lowest BCUT2D eigenvalue weighted by Gasteiger charge is -2.38. The van der Waals surface area contributed by atoms with Gasteiger partial charge in [-0.15, -0.1) is 0 Å². The third-order valence-corrected chi connectivity index (χ3v) is 10.0. The summed E-state index contributed by atoms with van der Waals surface area (Å²) in [6.45, 7) is 12.6. The number of rotatable bonds is 6. The Labute approximate surface area is 131 Å². The highest BCUT2D eigenvalue weighted by Gasteiger charge is 2.37. The largest absolute Gasteiger partial charge is 0.417 e. The van der Waals surface area contributed by atoms with E-state index in [-0.39, 0.29) is 5.04 Å². The van der Waals surface area contributed by atoms with Gasteiger partial charge in [-0.1, -0.05) is 20.8 Å². The summed E-state index contributed by atoms with van der Waals surface area (Å²) in [6.07, 6.45) is 5.44. The molecule has 126 valence electrons. The molecule has 0 saturated heterocycles. The van der Waals surface area contributed by atoms with Crippen LogP contribution in [0.5, 0.6) is 0 Å². The van der Waals surface area contributed by atoms with Crippen molar-refractivity contribution in [1.82, 2.24) is 0 Å². The molecule has 0 bridgehead atoms. The summed E-state index contributed by atoms with van der Waals surface area (Å²) < 4.78 is 33.2. The molecule has 0 aliphatic heterocycles. The normalized spacial score (nSPS) is 25.0. The molecular formula is C15H32O4SSi. The monoisotopic (exact) mass is 336 g/mol. The van der Waals surface area contributed by atoms with E-state index in [0.29, 0.717) is 18.4 Å². The van der Waals surface area contributed by atoms with Crippen LogP contribution in [0.15, 0.2) is 0 Å². The molecule has 6 heteroatoms. The van der Waals surface area contributed by atoms with E-state index >= 15 is 0 Å². The zero-order valence-corrected chi connectivity index (χ0v) is 16.3. The molecule has 1 aliphatic rings. The summed E-state index contributed by atoms with van der Waals surface area (Å²) in [5, 5.41) is 0.257. The maximum Gasteiger partial charge on any atom is 0.264 e. The molecule has 4 nitrogen and oxygen atoms in total. The Balaban J connectivity index is 2.31. The highest BCUT2D eigenvalue weighted by atomic mass is 32.2. The lowest BCUT2D eigenvalue weighted by molar-refractivity contribution is 0.144. The lowest BCUT2D eigenvalue weighted by Crippen LogP contribution is -2.42. The van der Waals surface area contributed by atoms with Crippen LogP contribution in [0.4, 0.5) is 0 Å². The Morgan fingerprint density at radius 3 is 1.81 bits per heavy atom. The Morgan fingerprint density at radius 2 is 1.43 bits per heavy atom. The van der Waals surface area contributed by atoms with Crippen LogP contribution < -0.4 is 0 Å². The summed E-state index contributed by atoms with van der Waals surface area (Å²) in [7, 11) is -4.95. The van der Waals surface area contributed by atoms with E-state index in [9.17, 15) is 8.42 Å². The molecular weight excluding hydrogens is 304 g/mol. The Bertz CT molecular complexity index is 417. The molecule has 0 unspecified atom stereocenters. The van der Waals surface area contributed by atoms with Gasteiger partial charge in [0, 0.05) is 6.61 Å². The summed E-state index contributed by atoms with van der Waals surface area (Å²) in [4.78, 5) is 0. The SMILES string of the molecule is CC(C)(C)[Si](C)(C)OCC1CCC(COS(C)(=O)=O)CC1. The van der Waals surface area contributed by atoms with Crippen LogP contribution in [-0.2, 0) is 18.7 Å². The maximum atomic E-state index is 11.0. The van der Waals surface area contributed by atoms with E-state index < -0.39 is 18.4 Å². The van der Waals surface area contributed by atoms with E-state index in [0.717, 1.165) is 38.5 Å². The Morgan fingerprint density at radius 1 is 1.00 bits per heavy atom. The van der Waals surface area contributed by atoms with Gasteiger partial charge in [-0.3, -0.25) is 4.18 Å². The van der Waals surface area contributed by atoms with E-state index in [1.54, 1.807) is 0 Å². The molecule has 0 atom stereocenters. The van der Waals surface area contributed by atoms with Crippen molar-refractivity contribution in [2.24, 2.45) is 11.8 Å². The van der Waals surface area contributed by atoms with E-state index in [1.165, 1.54) is 0 Å². The van der Waals surface area contributed by atoms with Crippen molar-refractivity contribution in [3.63, 3.8) is 0 Å². The summed E-state index contributed by atoms with van der Waals surface area (Å²) in [5.74, 6) is 0.998. The van der Waals surface area contributed by atoms with Crippen LogP contribution in [0.2, 0.25) is 18.1 Å². The van der Waals surface area contributed by atoms with Crippen molar-refractivity contribution < 1.29 is 17.0 Å². The fourth-order valence-electron chi connectivity index (χ4n) is 2.33. The molecule has 1 rings (SSSR count). The fraction of sp³-hybridized carbons (Fsp3) is 1.00. The van der Waals surface area contributed by atoms with Gasteiger partial charge in [0.2, 0.25) is 0 Å². The Kier molecular flexibility index (Phi) is 6.48. The van der Waals surface area contributed by atoms with E-state index in [4.69, 9.17) is 8.61 Å². The molecule has 1 saturated carbocycles. The molecule has 0 N–H and O–H groups in total. The molecule has 1 aliphatic carbocycles. The molecule has 0 aromatic carbocycles. The highest BCUT2D eigenvalue weighted by Crippen LogP contribution is 2.38. The first-order valence-electron chi connectivity index (χ1n) is 7.89. The van der Waals surface area contributed by atoms with Crippen molar-refractivity contribution >= 4 is 18.4 Å². The first-order chi connectivity index (χ1) is 9.41. The molecule has 0 amide bonds. The average Bonchev–Trinajstić information content (AvgIpc) is 2.33. The second-order valence-electron chi connectivity index (χ2n) is 7.95. The van der Waals surface area contributed by atoms with E-state index in [1.807, 2.05) is 0 Å². The molecule has 21 heavy (non-hydrogen) atoms. The van der Waals surface area contributed by atoms with Crippen LogP contribution in [0.1, 0.15) is 46.5 Å². The first-order valence-corrected chi connectivity index (χ1v) is 12.6. The molecule has 0 heterocycles. The standard InChI is InChI=1S/C15H32O4SSi/c1-15(2,3)21(5,6)19-12-14-9-7-13(8-10-14)11-18-20(4,16)17/h13-14H,7-12H2,1-6H3. The number of hydrogen-bond acceptors (Lipinski definition) is 4. The van der Waals surface area contributed by atoms with Crippen molar-refractivity contribution in [2.75, 3.05) is 19.5 Å². The smallest absolute Gasteiger partial charge is 0.264 e. The first kappa shape index (κ1) is 19.1. The molecule has 1 fully saturated rings. The van der Waals surface area contributed by atoms with Crippen molar-refractivity contribution in [3.05, 3.63) is 0 Å². The minimum absolute atomic E-state index is 0.257. The second kappa shape index (κ2) is 7.11. The summed E-state index contributed by atoms with van der Waals surface area (Å²) in [6, 6.07) is 0. The fourth-order valence-corrected chi connectivity index (χ4v) is 3.85. The molecule has 0 spiro atoms. The molecule has 0 aromatic rings. The van der Waals surface area contributed by atoms with Gasteiger partial charge in [-0.25, -0.2) is 0 Å². The summed E-state index contributed by atoms with van der Waals surface area (Å²) in [5.41, 5.74) is 0. The quantitative estimate of drug-likeness (QED) is 0.547. The highest BCUT2D eigenvalue weighted by molar-refractivity contribution is 7.85. The van der Waals surface area contributed by atoms with Crippen LogP contribution in [0.3, 0.4) is 0 Å². The maximum absolute atomic E-state index is 11.0. The van der Waals surface area contributed by atoms with Crippen LogP contribution in [0.25, 0.3) is 0 Å². The summed E-state index contributed by atoms with van der Waals surface area (Å²) >= 11 is 0. The molecule has 0 radical (unpaired) electrons. The van der Waals surface area contributed by atoms with Gasteiger partial charge in [0.25, 0.3) is 10.1 Å². The number of hydrogen-bond donors (Lipinski definition) is 0. The van der Waals surface area contributed by atoms with E-state index in [2.05, 4.69) is 33.9 Å². The zero-order chi connectivity index (χ0) is 16.3. The third-order valence-electron chi connectivity index (χ3n) is 4.97. The predicted molar refractivity (Wildman–Crippen MR) is 89.4 cm³/mol. The van der Waals surface area contributed by atoms with Crippen molar-refractivity contribution in [3.8, 4) is 0 Å². The van der Waals surface area contributed by atoms with Gasteiger partial charge >= 0.3 is 0 Å². The molecule has 0 aromatic heterocycles. The second-order valence-corrected chi connectivity index (χ2v) is 14.4. The minimum atomic E-state index is -3.30. The minimum Gasteiger partial charge on any atom is -0.417 e. The van der Waals surface area contributed by atoms with Crippen molar-refractivity contribution in [2.45, 2.75) is 64.6 Å². The van der Waals surface area contributed by atoms with Crippen LogP contribution in [0, 0.1) is 11.8 Å². The van der Waals surface area contributed by atoms with Gasteiger partial charge in [-0.05, 0) is 55.7 Å². The zero-order valence-electron chi connectivity index (χ0n) is 14.4. The predicted octanol–water partition coefficient (Wildman–Crippen LogP) is 3.79.